The zero-order valence-electron chi connectivity index (χ0n) is 17.6. The van der Waals surface area contributed by atoms with Crippen LogP contribution >= 0.6 is 0 Å². The van der Waals surface area contributed by atoms with E-state index in [1.807, 2.05) is 25.1 Å². The Kier molecular flexibility index (Phi) is 6.87. The number of rotatable bonds is 7. The Bertz CT molecular complexity index is 850. The second-order valence-corrected chi connectivity index (χ2v) is 7.15. The first kappa shape index (κ1) is 20.9. The van der Waals surface area contributed by atoms with Crippen molar-refractivity contribution in [1.82, 2.24) is 20.2 Å². The van der Waals surface area contributed by atoms with E-state index in [4.69, 9.17) is 9.47 Å². The van der Waals surface area contributed by atoms with Gasteiger partial charge in [0.1, 0.15) is 0 Å². The number of piperazine rings is 1. The Labute approximate surface area is 171 Å². The van der Waals surface area contributed by atoms with Crippen LogP contribution in [0.3, 0.4) is 0 Å². The van der Waals surface area contributed by atoms with Crippen molar-refractivity contribution in [3.05, 3.63) is 41.2 Å². The molecular weight excluding hydrogens is 370 g/mol. The van der Waals surface area contributed by atoms with E-state index in [1.165, 1.54) is 0 Å². The predicted molar refractivity (Wildman–Crippen MR) is 112 cm³/mol. The SMILES string of the molecule is COc1ccc(CCNC(=O)c2cnc(N3CCN(C)CC3)nc2C)cc1OC. The van der Waals surface area contributed by atoms with Gasteiger partial charge in [-0.25, -0.2) is 9.97 Å². The van der Waals surface area contributed by atoms with E-state index in [-0.39, 0.29) is 5.91 Å². The number of aromatic nitrogens is 2. The summed E-state index contributed by atoms with van der Waals surface area (Å²) in [6, 6.07) is 5.75. The van der Waals surface area contributed by atoms with Crippen LogP contribution in [-0.2, 0) is 6.42 Å². The van der Waals surface area contributed by atoms with Crippen LogP contribution in [0.2, 0.25) is 0 Å². The number of benzene rings is 1. The lowest BCUT2D eigenvalue weighted by Crippen LogP contribution is -2.45. The maximum atomic E-state index is 12.6. The van der Waals surface area contributed by atoms with E-state index in [1.54, 1.807) is 20.4 Å². The van der Waals surface area contributed by atoms with Crippen LogP contribution in [0.15, 0.2) is 24.4 Å². The molecule has 1 aliphatic rings. The summed E-state index contributed by atoms with van der Waals surface area (Å²) in [5.41, 5.74) is 2.26. The number of methoxy groups -OCH3 is 2. The first-order valence-corrected chi connectivity index (χ1v) is 9.78. The second-order valence-electron chi connectivity index (χ2n) is 7.15. The summed E-state index contributed by atoms with van der Waals surface area (Å²) < 4.78 is 10.6. The Morgan fingerprint density at radius 3 is 2.52 bits per heavy atom. The molecule has 1 fully saturated rings. The van der Waals surface area contributed by atoms with E-state index < -0.39 is 0 Å². The van der Waals surface area contributed by atoms with Crippen molar-refractivity contribution in [2.24, 2.45) is 0 Å². The highest BCUT2D eigenvalue weighted by molar-refractivity contribution is 5.95. The quantitative estimate of drug-likeness (QED) is 0.756. The van der Waals surface area contributed by atoms with Crippen LogP contribution in [0.1, 0.15) is 21.6 Å². The fraction of sp³-hybridized carbons (Fsp3) is 0.476. The van der Waals surface area contributed by atoms with Gasteiger partial charge in [-0.3, -0.25) is 4.79 Å². The maximum Gasteiger partial charge on any atom is 0.254 e. The minimum absolute atomic E-state index is 0.159. The Hall–Kier alpha value is -2.87. The average molecular weight is 399 g/mol. The molecule has 8 nitrogen and oxygen atoms in total. The first-order chi connectivity index (χ1) is 14.0. The molecule has 1 saturated heterocycles. The van der Waals surface area contributed by atoms with Gasteiger partial charge in [0.25, 0.3) is 5.91 Å². The van der Waals surface area contributed by atoms with E-state index in [0.29, 0.717) is 41.7 Å². The monoisotopic (exact) mass is 399 g/mol. The molecule has 0 spiro atoms. The van der Waals surface area contributed by atoms with Gasteiger partial charge in [-0.05, 0) is 38.1 Å². The standard InChI is InChI=1S/C21H29N5O3/c1-15-17(14-23-21(24-15)26-11-9-25(2)10-12-26)20(27)22-8-7-16-5-6-18(28-3)19(13-16)29-4/h5-6,13-14H,7-12H2,1-4H3,(H,22,27). The normalized spacial score (nSPS) is 14.6. The van der Waals surface area contributed by atoms with Crippen LogP contribution in [0, 0.1) is 6.92 Å². The number of likely N-dealkylation sites (N-methyl/N-ethyl adjacent to an activating group) is 1. The molecule has 2 aromatic rings. The molecule has 0 saturated carbocycles. The van der Waals surface area contributed by atoms with Gasteiger partial charge >= 0.3 is 0 Å². The lowest BCUT2D eigenvalue weighted by atomic mass is 10.1. The van der Waals surface area contributed by atoms with Crippen molar-refractivity contribution in [1.29, 1.82) is 0 Å². The number of nitrogens with one attached hydrogen (secondary N) is 1. The molecule has 1 aromatic carbocycles. The molecule has 1 aliphatic heterocycles. The summed E-state index contributed by atoms with van der Waals surface area (Å²) in [7, 11) is 5.33. The minimum atomic E-state index is -0.159. The third-order valence-corrected chi connectivity index (χ3v) is 5.14. The molecule has 0 radical (unpaired) electrons. The topological polar surface area (TPSA) is 79.8 Å². The number of carbonyl (C=O) groups is 1. The number of nitrogens with zero attached hydrogens (tertiary/aromatic N) is 4. The number of hydrogen-bond donors (Lipinski definition) is 1. The summed E-state index contributed by atoms with van der Waals surface area (Å²) in [4.78, 5) is 26.0. The molecule has 2 heterocycles. The molecule has 0 atom stereocenters. The smallest absolute Gasteiger partial charge is 0.254 e. The van der Waals surface area contributed by atoms with Crippen LogP contribution in [0.5, 0.6) is 11.5 Å². The average Bonchev–Trinajstić information content (AvgIpc) is 2.74. The molecule has 1 aromatic heterocycles. The van der Waals surface area contributed by atoms with E-state index >= 15 is 0 Å². The number of hydrogen-bond acceptors (Lipinski definition) is 7. The van der Waals surface area contributed by atoms with Gasteiger partial charge in [-0.15, -0.1) is 0 Å². The third kappa shape index (κ3) is 5.14. The number of ether oxygens (including phenoxy) is 2. The van der Waals surface area contributed by atoms with Crippen LogP contribution in [-0.4, -0.2) is 74.8 Å². The Morgan fingerprint density at radius 1 is 1.14 bits per heavy atom. The predicted octanol–water partition coefficient (Wildman–Crippen LogP) is 1.53. The molecule has 0 unspecified atom stereocenters. The summed E-state index contributed by atoms with van der Waals surface area (Å²) in [5.74, 6) is 1.90. The highest BCUT2D eigenvalue weighted by atomic mass is 16.5. The molecule has 8 heteroatoms. The van der Waals surface area contributed by atoms with Gasteiger partial charge < -0.3 is 24.6 Å². The zero-order valence-corrected chi connectivity index (χ0v) is 17.6. The largest absolute Gasteiger partial charge is 0.493 e. The fourth-order valence-electron chi connectivity index (χ4n) is 3.29. The van der Waals surface area contributed by atoms with Gasteiger partial charge in [-0.2, -0.15) is 0 Å². The molecule has 1 N–H and O–H groups in total. The van der Waals surface area contributed by atoms with Crippen molar-refractivity contribution >= 4 is 11.9 Å². The third-order valence-electron chi connectivity index (χ3n) is 5.14. The summed E-state index contributed by atoms with van der Waals surface area (Å²) in [6.45, 7) is 6.12. The van der Waals surface area contributed by atoms with Crippen molar-refractivity contribution in [3.8, 4) is 11.5 Å². The molecular formula is C21H29N5O3. The van der Waals surface area contributed by atoms with Gasteiger partial charge in [0.15, 0.2) is 11.5 Å². The summed E-state index contributed by atoms with van der Waals surface area (Å²) in [6.07, 6.45) is 2.31. The van der Waals surface area contributed by atoms with Gasteiger partial charge in [-0.1, -0.05) is 6.07 Å². The zero-order chi connectivity index (χ0) is 20.8. The fourth-order valence-corrected chi connectivity index (χ4v) is 3.29. The summed E-state index contributed by atoms with van der Waals surface area (Å²) in [5, 5.41) is 2.95. The van der Waals surface area contributed by atoms with E-state index in [9.17, 15) is 4.79 Å². The van der Waals surface area contributed by atoms with Crippen LogP contribution in [0.25, 0.3) is 0 Å². The van der Waals surface area contributed by atoms with Gasteiger partial charge in [0, 0.05) is 38.9 Å². The lowest BCUT2D eigenvalue weighted by molar-refractivity contribution is 0.0952. The molecule has 3 rings (SSSR count). The van der Waals surface area contributed by atoms with E-state index in [0.717, 1.165) is 31.7 Å². The van der Waals surface area contributed by atoms with Crippen LogP contribution in [0.4, 0.5) is 5.95 Å². The number of amides is 1. The minimum Gasteiger partial charge on any atom is -0.493 e. The molecule has 156 valence electrons. The van der Waals surface area contributed by atoms with Gasteiger partial charge in [0.2, 0.25) is 5.95 Å². The van der Waals surface area contributed by atoms with Crippen molar-refractivity contribution in [3.63, 3.8) is 0 Å². The van der Waals surface area contributed by atoms with Crippen molar-refractivity contribution < 1.29 is 14.3 Å². The molecule has 0 aliphatic carbocycles. The van der Waals surface area contributed by atoms with E-state index in [2.05, 4.69) is 32.1 Å². The van der Waals surface area contributed by atoms with Crippen LogP contribution < -0.4 is 19.7 Å². The number of aryl methyl sites for hydroxylation is 1. The van der Waals surface area contributed by atoms with Gasteiger partial charge in [0.05, 0.1) is 25.5 Å². The highest BCUT2D eigenvalue weighted by Gasteiger charge is 2.18. The molecule has 29 heavy (non-hydrogen) atoms. The molecule has 1 amide bonds. The summed E-state index contributed by atoms with van der Waals surface area (Å²) >= 11 is 0. The second kappa shape index (κ2) is 9.56. The van der Waals surface area contributed by atoms with Crippen molar-refractivity contribution in [2.75, 3.05) is 58.9 Å². The number of carbonyl (C=O) groups excluding carboxylic acids is 1. The maximum absolute atomic E-state index is 12.6. The molecule has 0 bridgehead atoms. The Morgan fingerprint density at radius 2 is 1.86 bits per heavy atom. The number of anilines is 1. The highest BCUT2D eigenvalue weighted by Crippen LogP contribution is 2.27. The lowest BCUT2D eigenvalue weighted by Gasteiger charge is -2.32. The van der Waals surface area contributed by atoms with Crippen molar-refractivity contribution in [2.45, 2.75) is 13.3 Å². The first-order valence-electron chi connectivity index (χ1n) is 9.78. The Balaban J connectivity index is 1.57.